The van der Waals surface area contributed by atoms with Crippen LogP contribution in [0.15, 0.2) is 114 Å². The summed E-state index contributed by atoms with van der Waals surface area (Å²) in [5, 5.41) is 4.63. The van der Waals surface area contributed by atoms with Crippen LogP contribution in [0.25, 0.3) is 66.6 Å². The Hall–Kier alpha value is -4.54. The molecule has 7 rings (SSSR count). The van der Waals surface area contributed by atoms with Gasteiger partial charge in [-0.15, -0.1) is 0 Å². The van der Waals surface area contributed by atoms with E-state index in [0.717, 1.165) is 49.6 Å². The van der Waals surface area contributed by atoms with Gasteiger partial charge >= 0.3 is 0 Å². The van der Waals surface area contributed by atoms with Gasteiger partial charge in [-0.1, -0.05) is 91.0 Å². The second-order valence-electron chi connectivity index (χ2n) is 8.64. The zero-order valence-corrected chi connectivity index (χ0v) is 19.8. The molecular weight excluding hydrogens is 466 g/mol. The molecule has 0 radical (unpaired) electrons. The molecule has 5 aromatic carbocycles. The lowest BCUT2D eigenvalue weighted by Crippen LogP contribution is -1.98. The molecular formula is C31H18ClN3O. The number of halogens is 1. The molecule has 0 saturated carbocycles. The van der Waals surface area contributed by atoms with E-state index in [9.17, 15) is 0 Å². The monoisotopic (exact) mass is 483 g/mol. The van der Waals surface area contributed by atoms with Crippen molar-refractivity contribution >= 4 is 44.3 Å². The molecule has 170 valence electrons. The van der Waals surface area contributed by atoms with Gasteiger partial charge in [-0.2, -0.15) is 9.97 Å². The minimum atomic E-state index is 0.159. The van der Waals surface area contributed by atoms with Gasteiger partial charge in [0.05, 0.1) is 0 Å². The van der Waals surface area contributed by atoms with E-state index < -0.39 is 0 Å². The second-order valence-corrected chi connectivity index (χ2v) is 8.98. The van der Waals surface area contributed by atoms with Crippen LogP contribution in [-0.4, -0.2) is 15.0 Å². The van der Waals surface area contributed by atoms with Gasteiger partial charge in [-0.3, -0.25) is 0 Å². The third-order valence-electron chi connectivity index (χ3n) is 6.46. The Labute approximate surface area is 211 Å². The number of fused-ring (bicyclic) bond motifs is 4. The summed E-state index contributed by atoms with van der Waals surface area (Å²) < 4.78 is 6.30. The van der Waals surface area contributed by atoms with E-state index in [1.165, 1.54) is 5.39 Å². The molecule has 2 heterocycles. The molecule has 4 nitrogen and oxygen atoms in total. The van der Waals surface area contributed by atoms with Gasteiger partial charge in [0.25, 0.3) is 0 Å². The molecule has 0 aliphatic heterocycles. The van der Waals surface area contributed by atoms with Crippen LogP contribution in [0.4, 0.5) is 0 Å². The summed E-state index contributed by atoms with van der Waals surface area (Å²) >= 11 is 6.38. The largest absolute Gasteiger partial charge is 0.456 e. The normalized spacial score (nSPS) is 11.5. The van der Waals surface area contributed by atoms with Gasteiger partial charge in [0.1, 0.15) is 11.2 Å². The molecule has 36 heavy (non-hydrogen) atoms. The number of rotatable bonds is 3. The van der Waals surface area contributed by atoms with Crippen molar-refractivity contribution in [3.63, 3.8) is 0 Å². The molecule has 2 aromatic heterocycles. The fraction of sp³-hybridized carbons (Fsp3) is 0. The van der Waals surface area contributed by atoms with Gasteiger partial charge in [0.2, 0.25) is 5.28 Å². The van der Waals surface area contributed by atoms with Crippen LogP contribution in [0.3, 0.4) is 0 Å². The van der Waals surface area contributed by atoms with Crippen molar-refractivity contribution in [3.8, 4) is 33.9 Å². The molecule has 7 aromatic rings. The van der Waals surface area contributed by atoms with Crippen LogP contribution in [0, 0.1) is 0 Å². The second kappa shape index (κ2) is 8.29. The lowest BCUT2D eigenvalue weighted by atomic mass is 9.94. The zero-order valence-electron chi connectivity index (χ0n) is 19.0. The molecule has 0 bridgehead atoms. The minimum Gasteiger partial charge on any atom is -0.456 e. The van der Waals surface area contributed by atoms with E-state index in [1.807, 2.05) is 66.7 Å². The van der Waals surface area contributed by atoms with Crippen LogP contribution in [0.5, 0.6) is 0 Å². The fourth-order valence-corrected chi connectivity index (χ4v) is 5.00. The summed E-state index contributed by atoms with van der Waals surface area (Å²) in [5.41, 5.74) is 5.52. The Bertz CT molecular complexity index is 1910. The van der Waals surface area contributed by atoms with Gasteiger partial charge in [-0.05, 0) is 51.7 Å². The molecule has 0 aliphatic carbocycles. The maximum atomic E-state index is 6.38. The molecule has 0 spiro atoms. The standard InChI is InChI=1S/C31H18ClN3O/c32-31-34-29(19-9-2-1-3-10-19)33-30(35-31)24-14-7-6-13-22(24)23-15-8-16-26-28(23)25-17-20-11-4-5-12-21(20)18-27(25)36-26/h1-18H. The first-order chi connectivity index (χ1) is 17.7. The van der Waals surface area contributed by atoms with Crippen molar-refractivity contribution in [3.05, 3.63) is 114 Å². The maximum Gasteiger partial charge on any atom is 0.226 e. The highest BCUT2D eigenvalue weighted by atomic mass is 35.5. The zero-order chi connectivity index (χ0) is 24.1. The van der Waals surface area contributed by atoms with Crippen molar-refractivity contribution in [1.82, 2.24) is 15.0 Å². The number of nitrogens with zero attached hydrogens (tertiary/aromatic N) is 3. The van der Waals surface area contributed by atoms with Crippen molar-refractivity contribution in [2.45, 2.75) is 0 Å². The molecule has 0 saturated heterocycles. The molecule has 0 aliphatic rings. The van der Waals surface area contributed by atoms with Crippen molar-refractivity contribution in [2.75, 3.05) is 0 Å². The summed E-state index contributed by atoms with van der Waals surface area (Å²) in [6, 6.07) is 36.7. The highest BCUT2D eigenvalue weighted by Crippen LogP contribution is 2.41. The molecule has 0 N–H and O–H groups in total. The fourth-order valence-electron chi connectivity index (χ4n) is 4.84. The summed E-state index contributed by atoms with van der Waals surface area (Å²) in [5.74, 6) is 1.07. The summed E-state index contributed by atoms with van der Waals surface area (Å²) in [6.07, 6.45) is 0. The van der Waals surface area contributed by atoms with E-state index in [-0.39, 0.29) is 5.28 Å². The first-order valence-corrected chi connectivity index (χ1v) is 12.0. The first-order valence-electron chi connectivity index (χ1n) is 11.7. The van der Waals surface area contributed by atoms with Crippen molar-refractivity contribution in [1.29, 1.82) is 0 Å². The maximum absolute atomic E-state index is 6.38. The van der Waals surface area contributed by atoms with E-state index in [4.69, 9.17) is 21.0 Å². The van der Waals surface area contributed by atoms with Gasteiger partial charge in [0.15, 0.2) is 11.6 Å². The predicted octanol–water partition coefficient (Wildman–Crippen LogP) is 8.58. The van der Waals surface area contributed by atoms with E-state index in [0.29, 0.717) is 11.6 Å². The molecule has 5 heteroatoms. The Morgan fingerprint density at radius 1 is 0.528 bits per heavy atom. The Morgan fingerprint density at radius 2 is 1.19 bits per heavy atom. The molecule has 0 atom stereocenters. The average Bonchev–Trinajstić information content (AvgIpc) is 3.29. The number of aromatic nitrogens is 3. The minimum absolute atomic E-state index is 0.159. The predicted molar refractivity (Wildman–Crippen MR) is 146 cm³/mol. The molecule has 0 unspecified atom stereocenters. The van der Waals surface area contributed by atoms with Crippen molar-refractivity contribution < 1.29 is 4.42 Å². The summed E-state index contributed by atoms with van der Waals surface area (Å²) in [7, 11) is 0. The molecule has 0 fully saturated rings. The lowest BCUT2D eigenvalue weighted by Gasteiger charge is -2.11. The lowest BCUT2D eigenvalue weighted by molar-refractivity contribution is 0.669. The smallest absolute Gasteiger partial charge is 0.226 e. The highest BCUT2D eigenvalue weighted by molar-refractivity contribution is 6.28. The van der Waals surface area contributed by atoms with Crippen LogP contribution >= 0.6 is 11.6 Å². The van der Waals surface area contributed by atoms with Crippen LogP contribution < -0.4 is 0 Å². The van der Waals surface area contributed by atoms with Gasteiger partial charge in [0, 0.05) is 21.9 Å². The van der Waals surface area contributed by atoms with Crippen LogP contribution in [0.2, 0.25) is 5.28 Å². The Kier molecular flexibility index (Phi) is 4.79. The van der Waals surface area contributed by atoms with Crippen molar-refractivity contribution in [2.24, 2.45) is 0 Å². The van der Waals surface area contributed by atoms with Gasteiger partial charge < -0.3 is 4.42 Å². The topological polar surface area (TPSA) is 51.8 Å². The number of hydrogen-bond acceptors (Lipinski definition) is 4. The third kappa shape index (κ3) is 3.43. The average molecular weight is 484 g/mol. The first kappa shape index (κ1) is 20.8. The summed E-state index contributed by atoms with van der Waals surface area (Å²) in [4.78, 5) is 13.7. The number of hydrogen-bond donors (Lipinski definition) is 0. The Morgan fingerprint density at radius 3 is 2.03 bits per heavy atom. The third-order valence-corrected chi connectivity index (χ3v) is 6.63. The quantitative estimate of drug-likeness (QED) is 0.252. The van der Waals surface area contributed by atoms with E-state index in [2.05, 4.69) is 52.4 Å². The van der Waals surface area contributed by atoms with E-state index >= 15 is 0 Å². The summed E-state index contributed by atoms with van der Waals surface area (Å²) in [6.45, 7) is 0. The highest BCUT2D eigenvalue weighted by Gasteiger charge is 2.18. The van der Waals surface area contributed by atoms with Crippen LogP contribution in [0.1, 0.15) is 0 Å². The number of benzene rings is 5. The van der Waals surface area contributed by atoms with Crippen LogP contribution in [-0.2, 0) is 0 Å². The van der Waals surface area contributed by atoms with Gasteiger partial charge in [-0.25, -0.2) is 4.98 Å². The SMILES string of the molecule is Clc1nc(-c2ccccc2)nc(-c2ccccc2-c2cccc3oc4cc5ccccc5cc4c23)n1. The molecule has 0 amide bonds. The Balaban J connectivity index is 1.48. The number of furan rings is 1. The van der Waals surface area contributed by atoms with E-state index in [1.54, 1.807) is 0 Å².